The van der Waals surface area contributed by atoms with Crippen LogP contribution in [0.15, 0.2) is 23.2 Å². The molecule has 4 nitrogen and oxygen atoms in total. The van der Waals surface area contributed by atoms with Gasteiger partial charge < -0.3 is 5.32 Å². The third kappa shape index (κ3) is 2.75. The van der Waals surface area contributed by atoms with E-state index in [0.29, 0.717) is 5.02 Å². The van der Waals surface area contributed by atoms with Crippen molar-refractivity contribution in [3.63, 3.8) is 0 Å². The molecule has 0 saturated carbocycles. The molecule has 2 heterocycles. The number of sulfone groups is 1. The fourth-order valence-corrected chi connectivity index (χ4v) is 6.10. The van der Waals surface area contributed by atoms with Gasteiger partial charge in [0.2, 0.25) is 0 Å². The minimum atomic E-state index is -2.89. The molecule has 2 atom stereocenters. The van der Waals surface area contributed by atoms with Crippen molar-refractivity contribution in [2.75, 3.05) is 16.8 Å². The lowest BCUT2D eigenvalue weighted by Crippen LogP contribution is -2.13. The molecule has 7 heteroatoms. The lowest BCUT2D eigenvalue weighted by Gasteiger charge is -2.09. The average molecular weight is 317 g/mol. The average Bonchev–Trinajstić information content (AvgIpc) is 2.76. The highest BCUT2D eigenvalue weighted by atomic mass is 35.5. The van der Waals surface area contributed by atoms with Crippen LogP contribution in [0.4, 0.5) is 5.69 Å². The maximum atomic E-state index is 11.5. The van der Waals surface area contributed by atoms with E-state index in [1.807, 2.05) is 25.1 Å². The van der Waals surface area contributed by atoms with Crippen LogP contribution in [0.25, 0.3) is 0 Å². The summed E-state index contributed by atoms with van der Waals surface area (Å²) in [6.45, 7) is 1.99. The van der Waals surface area contributed by atoms with Gasteiger partial charge in [-0.05, 0) is 24.6 Å². The first-order valence-electron chi connectivity index (χ1n) is 5.91. The van der Waals surface area contributed by atoms with Gasteiger partial charge in [0.15, 0.2) is 15.0 Å². The Morgan fingerprint density at radius 2 is 2.21 bits per heavy atom. The Morgan fingerprint density at radius 1 is 1.42 bits per heavy atom. The van der Waals surface area contributed by atoms with E-state index in [1.54, 1.807) is 0 Å². The van der Waals surface area contributed by atoms with E-state index in [2.05, 4.69) is 10.3 Å². The van der Waals surface area contributed by atoms with Crippen LogP contribution < -0.4 is 5.32 Å². The molecule has 1 N–H and O–H groups in total. The topological polar surface area (TPSA) is 58.5 Å². The van der Waals surface area contributed by atoms with E-state index < -0.39 is 9.84 Å². The number of aliphatic imine (C=N–C) groups is 1. The van der Waals surface area contributed by atoms with Crippen molar-refractivity contribution in [2.24, 2.45) is 4.99 Å². The van der Waals surface area contributed by atoms with Crippen LogP contribution in [0.1, 0.15) is 5.56 Å². The second-order valence-electron chi connectivity index (χ2n) is 4.82. The number of benzene rings is 1. The van der Waals surface area contributed by atoms with Gasteiger partial charge in [-0.3, -0.25) is 4.99 Å². The summed E-state index contributed by atoms with van der Waals surface area (Å²) in [5.41, 5.74) is 2.00. The molecule has 0 radical (unpaired) electrons. The maximum Gasteiger partial charge on any atom is 0.161 e. The summed E-state index contributed by atoms with van der Waals surface area (Å²) in [7, 11) is -2.89. The molecule has 0 aliphatic carbocycles. The molecule has 0 aromatic heterocycles. The second-order valence-corrected chi connectivity index (χ2v) is 8.64. The van der Waals surface area contributed by atoms with Gasteiger partial charge in [0.1, 0.15) is 0 Å². The zero-order valence-corrected chi connectivity index (χ0v) is 12.6. The Balaban J connectivity index is 1.78. The van der Waals surface area contributed by atoms with Gasteiger partial charge in [-0.1, -0.05) is 29.4 Å². The molecule has 0 unspecified atom stereocenters. The number of hydrogen-bond donors (Lipinski definition) is 1. The van der Waals surface area contributed by atoms with Crippen molar-refractivity contribution in [1.29, 1.82) is 0 Å². The quantitative estimate of drug-likeness (QED) is 0.864. The van der Waals surface area contributed by atoms with E-state index in [9.17, 15) is 8.42 Å². The molecule has 3 rings (SSSR count). The molecule has 0 bridgehead atoms. The molecule has 0 spiro atoms. The summed E-state index contributed by atoms with van der Waals surface area (Å²) in [6, 6.07) is 5.53. The second kappa shape index (κ2) is 4.68. The number of rotatable bonds is 1. The van der Waals surface area contributed by atoms with Crippen molar-refractivity contribution in [1.82, 2.24) is 0 Å². The summed E-state index contributed by atoms with van der Waals surface area (Å²) in [5, 5.41) is 4.76. The number of thioether (sulfide) groups is 1. The molecule has 1 aromatic carbocycles. The molecule has 19 heavy (non-hydrogen) atoms. The fraction of sp³-hybridized carbons (Fsp3) is 0.417. The zero-order valence-electron chi connectivity index (χ0n) is 10.3. The molecular formula is C12H13ClN2O2S2. The zero-order chi connectivity index (χ0) is 13.6. The van der Waals surface area contributed by atoms with Gasteiger partial charge in [0.05, 0.1) is 17.5 Å². The van der Waals surface area contributed by atoms with Crippen LogP contribution in [0.2, 0.25) is 5.02 Å². The van der Waals surface area contributed by atoms with Gasteiger partial charge in [0.25, 0.3) is 0 Å². The summed E-state index contributed by atoms with van der Waals surface area (Å²) < 4.78 is 23.0. The van der Waals surface area contributed by atoms with Crippen LogP contribution in [0.3, 0.4) is 0 Å². The number of hydrogen-bond acceptors (Lipinski definition) is 5. The van der Waals surface area contributed by atoms with Crippen LogP contribution in [0.5, 0.6) is 0 Å². The molecule has 102 valence electrons. The number of anilines is 1. The summed E-state index contributed by atoms with van der Waals surface area (Å²) >= 11 is 7.48. The number of amidine groups is 1. The van der Waals surface area contributed by atoms with E-state index in [4.69, 9.17) is 11.6 Å². The van der Waals surface area contributed by atoms with Crippen molar-refractivity contribution < 1.29 is 8.42 Å². The smallest absolute Gasteiger partial charge is 0.161 e. The molecule has 0 amide bonds. The molecule has 2 aliphatic heterocycles. The molecule has 1 aromatic rings. The highest BCUT2D eigenvalue weighted by Crippen LogP contribution is 2.35. The van der Waals surface area contributed by atoms with Gasteiger partial charge in [-0.25, -0.2) is 8.42 Å². The van der Waals surface area contributed by atoms with E-state index in [0.717, 1.165) is 16.4 Å². The Labute approximate surface area is 121 Å². The predicted octanol–water partition coefficient (Wildman–Crippen LogP) is 2.33. The van der Waals surface area contributed by atoms with Crippen molar-refractivity contribution in [3.05, 3.63) is 28.8 Å². The minimum Gasteiger partial charge on any atom is -0.335 e. The predicted molar refractivity (Wildman–Crippen MR) is 81.1 cm³/mol. The first kappa shape index (κ1) is 13.3. The number of aryl methyl sites for hydroxylation is 1. The van der Waals surface area contributed by atoms with Crippen LogP contribution in [0, 0.1) is 6.92 Å². The number of nitrogens with one attached hydrogen (secondary N) is 1. The van der Waals surface area contributed by atoms with E-state index >= 15 is 0 Å². The maximum absolute atomic E-state index is 11.5. The Bertz CT molecular complexity index is 658. The van der Waals surface area contributed by atoms with Crippen LogP contribution in [-0.4, -0.2) is 36.4 Å². The van der Waals surface area contributed by atoms with E-state index in [-0.39, 0.29) is 22.8 Å². The molecule has 2 aliphatic rings. The Hall–Kier alpha value is -0.720. The van der Waals surface area contributed by atoms with Crippen molar-refractivity contribution in [2.45, 2.75) is 18.2 Å². The monoisotopic (exact) mass is 316 g/mol. The Morgan fingerprint density at radius 3 is 2.95 bits per heavy atom. The largest absolute Gasteiger partial charge is 0.335 e. The van der Waals surface area contributed by atoms with Gasteiger partial charge >= 0.3 is 0 Å². The summed E-state index contributed by atoms with van der Waals surface area (Å²) in [5.74, 6) is 0.399. The highest BCUT2D eigenvalue weighted by Gasteiger charge is 2.42. The van der Waals surface area contributed by atoms with Crippen LogP contribution >= 0.6 is 23.4 Å². The van der Waals surface area contributed by atoms with Crippen molar-refractivity contribution >= 4 is 44.1 Å². The van der Waals surface area contributed by atoms with E-state index in [1.165, 1.54) is 11.8 Å². The standard InChI is InChI=1S/C12H13ClN2O2S2/c1-7-2-3-8(13)4-9(7)14-12-15-10-5-19(16,17)6-11(10)18-12/h2-4,10-11H,5-6H2,1H3,(H,14,15)/t10-,11+/m1/s1. The number of fused-ring (bicyclic) bond motifs is 1. The highest BCUT2D eigenvalue weighted by molar-refractivity contribution is 8.15. The third-order valence-electron chi connectivity index (χ3n) is 3.26. The van der Waals surface area contributed by atoms with Crippen molar-refractivity contribution in [3.8, 4) is 0 Å². The summed E-state index contributed by atoms with van der Waals surface area (Å²) in [4.78, 5) is 4.46. The first-order chi connectivity index (χ1) is 8.93. The first-order valence-corrected chi connectivity index (χ1v) is 8.99. The minimum absolute atomic E-state index is 0.0620. The number of nitrogens with zero attached hydrogens (tertiary/aromatic N) is 1. The fourth-order valence-electron chi connectivity index (χ4n) is 2.26. The third-order valence-corrected chi connectivity index (χ3v) is 6.64. The summed E-state index contributed by atoms with van der Waals surface area (Å²) in [6.07, 6.45) is 0. The SMILES string of the molecule is Cc1ccc(Cl)cc1NC1=N[C@@H]2CS(=O)(=O)C[C@@H]2S1. The molecular weight excluding hydrogens is 304 g/mol. The molecule has 1 saturated heterocycles. The Kier molecular flexibility index (Phi) is 3.27. The lowest BCUT2D eigenvalue weighted by molar-refractivity contribution is 0.601. The van der Waals surface area contributed by atoms with Gasteiger partial charge in [-0.2, -0.15) is 0 Å². The normalized spacial score (nSPS) is 28.0. The van der Waals surface area contributed by atoms with Gasteiger partial charge in [0, 0.05) is 16.0 Å². The molecule has 1 fully saturated rings. The lowest BCUT2D eigenvalue weighted by atomic mass is 10.2. The number of halogens is 1. The van der Waals surface area contributed by atoms with Gasteiger partial charge in [-0.15, -0.1) is 0 Å². The van der Waals surface area contributed by atoms with Crippen LogP contribution in [-0.2, 0) is 9.84 Å².